The van der Waals surface area contributed by atoms with Crippen LogP contribution in [0.15, 0.2) is 66.7 Å². The highest BCUT2D eigenvalue weighted by molar-refractivity contribution is 6.02. The zero-order valence-corrected chi connectivity index (χ0v) is 15.3. The fourth-order valence-corrected chi connectivity index (χ4v) is 3.31. The predicted octanol–water partition coefficient (Wildman–Crippen LogP) is 3.75. The Morgan fingerprint density at radius 1 is 1.00 bits per heavy atom. The topological polar surface area (TPSA) is 84.1 Å². The van der Waals surface area contributed by atoms with Crippen molar-refractivity contribution >= 4 is 33.6 Å². The number of esters is 1. The van der Waals surface area contributed by atoms with E-state index >= 15 is 0 Å². The highest BCUT2D eigenvalue weighted by Crippen LogP contribution is 2.24. The molecule has 0 aliphatic heterocycles. The molecule has 0 fully saturated rings. The molecule has 0 spiro atoms. The Balaban J connectivity index is 1.41. The van der Waals surface area contributed by atoms with Gasteiger partial charge in [0, 0.05) is 5.39 Å². The molecule has 0 saturated heterocycles. The lowest BCUT2D eigenvalue weighted by Gasteiger charge is -2.16. The Hall–Kier alpha value is -3.67. The van der Waals surface area contributed by atoms with Gasteiger partial charge in [0.2, 0.25) is 0 Å². The molecule has 3 aromatic carbocycles. The van der Waals surface area contributed by atoms with Crippen molar-refractivity contribution < 1.29 is 14.3 Å². The van der Waals surface area contributed by atoms with Crippen LogP contribution >= 0.6 is 0 Å². The zero-order chi connectivity index (χ0) is 19.5. The van der Waals surface area contributed by atoms with Gasteiger partial charge in [0.25, 0.3) is 5.91 Å². The second-order valence-electron chi connectivity index (χ2n) is 6.55. The Morgan fingerprint density at radius 3 is 2.57 bits per heavy atom. The maximum absolute atomic E-state index is 12.3. The van der Waals surface area contributed by atoms with Crippen molar-refractivity contribution in [2.24, 2.45) is 0 Å². The second-order valence-corrected chi connectivity index (χ2v) is 6.55. The minimum absolute atomic E-state index is 0.172. The van der Waals surface area contributed by atoms with Crippen molar-refractivity contribution in [2.75, 3.05) is 6.61 Å². The molecule has 0 saturated carbocycles. The number of hydrogen-bond acceptors (Lipinski definition) is 4. The number of carbonyl (C=O) groups excluding carboxylic acids is 2. The number of carbonyl (C=O) groups is 2. The smallest absolute Gasteiger partial charge is 0.359 e. The van der Waals surface area contributed by atoms with Crippen molar-refractivity contribution in [1.29, 1.82) is 0 Å². The summed E-state index contributed by atoms with van der Waals surface area (Å²) in [5.41, 5.74) is 1.92. The van der Waals surface area contributed by atoms with Gasteiger partial charge in [-0.3, -0.25) is 9.89 Å². The number of amides is 1. The first kappa shape index (κ1) is 17.7. The lowest BCUT2D eigenvalue weighted by atomic mass is 10.00. The lowest BCUT2D eigenvalue weighted by molar-refractivity contribution is -0.124. The van der Waals surface area contributed by atoms with Crippen molar-refractivity contribution in [1.82, 2.24) is 15.5 Å². The number of ether oxygens (including phenoxy) is 1. The third-order valence-electron chi connectivity index (χ3n) is 4.67. The summed E-state index contributed by atoms with van der Waals surface area (Å²) in [5, 5.41) is 12.5. The molecule has 0 radical (unpaired) electrons. The molecular formula is C22H19N3O3. The summed E-state index contributed by atoms with van der Waals surface area (Å²) in [5.74, 6) is -1.00. The molecule has 2 N–H and O–H groups in total. The standard InChI is InChI=1S/C22H19N3O3/c1-14(16-11-6-8-15-7-2-3-9-17(15)16)23-20(26)13-28-22(27)21-18-10-4-5-12-19(18)24-25-21/h2-12,14H,13H2,1H3,(H,23,26)(H,24,25)/t14-/m1/s1. The fourth-order valence-electron chi connectivity index (χ4n) is 3.31. The lowest BCUT2D eigenvalue weighted by Crippen LogP contribution is -2.31. The molecule has 6 nitrogen and oxygen atoms in total. The number of fused-ring (bicyclic) bond motifs is 2. The van der Waals surface area contributed by atoms with E-state index in [1.54, 1.807) is 6.07 Å². The third kappa shape index (κ3) is 3.44. The molecule has 0 aliphatic rings. The number of H-pyrrole nitrogens is 1. The van der Waals surface area contributed by atoms with Gasteiger partial charge in [-0.15, -0.1) is 0 Å². The Kier molecular flexibility index (Phi) is 4.76. The van der Waals surface area contributed by atoms with Crippen molar-refractivity contribution in [3.63, 3.8) is 0 Å². The molecule has 4 rings (SSSR count). The summed E-state index contributed by atoms with van der Waals surface area (Å²) < 4.78 is 5.15. The summed E-state index contributed by atoms with van der Waals surface area (Å²) in [6.07, 6.45) is 0. The normalized spacial score (nSPS) is 12.0. The third-order valence-corrected chi connectivity index (χ3v) is 4.67. The molecule has 0 unspecified atom stereocenters. The summed E-state index contributed by atoms with van der Waals surface area (Å²) in [6.45, 7) is 1.54. The summed E-state index contributed by atoms with van der Waals surface area (Å²) in [4.78, 5) is 24.6. The van der Waals surface area contributed by atoms with Crippen LogP contribution in [0.25, 0.3) is 21.7 Å². The number of aromatic nitrogens is 2. The molecule has 1 heterocycles. The number of para-hydroxylation sites is 1. The van der Waals surface area contributed by atoms with E-state index < -0.39 is 5.97 Å². The average molecular weight is 373 g/mol. The molecule has 28 heavy (non-hydrogen) atoms. The first-order valence-corrected chi connectivity index (χ1v) is 9.01. The van der Waals surface area contributed by atoms with Crippen LogP contribution in [0.5, 0.6) is 0 Å². The molecule has 140 valence electrons. The number of hydrogen-bond donors (Lipinski definition) is 2. The Bertz CT molecular complexity index is 1160. The highest BCUT2D eigenvalue weighted by Gasteiger charge is 2.18. The minimum atomic E-state index is -0.634. The molecule has 0 aliphatic carbocycles. The zero-order valence-electron chi connectivity index (χ0n) is 15.3. The summed E-state index contributed by atoms with van der Waals surface area (Å²) in [6, 6.07) is 21.0. The molecule has 1 atom stereocenters. The molecular weight excluding hydrogens is 354 g/mol. The van der Waals surface area contributed by atoms with Gasteiger partial charge in [-0.2, -0.15) is 5.10 Å². The quantitative estimate of drug-likeness (QED) is 0.522. The maximum atomic E-state index is 12.3. The molecule has 1 amide bonds. The monoisotopic (exact) mass is 373 g/mol. The van der Waals surface area contributed by atoms with Gasteiger partial charge in [-0.25, -0.2) is 4.79 Å². The predicted molar refractivity (Wildman–Crippen MR) is 107 cm³/mol. The Morgan fingerprint density at radius 2 is 1.71 bits per heavy atom. The van der Waals surface area contributed by atoms with Crippen LogP contribution in [0.1, 0.15) is 29.0 Å². The van der Waals surface area contributed by atoms with Crippen LogP contribution in [-0.4, -0.2) is 28.7 Å². The van der Waals surface area contributed by atoms with Crippen LogP contribution in [0.3, 0.4) is 0 Å². The van der Waals surface area contributed by atoms with Gasteiger partial charge in [-0.1, -0.05) is 60.7 Å². The summed E-state index contributed by atoms with van der Waals surface area (Å²) in [7, 11) is 0. The highest BCUT2D eigenvalue weighted by atomic mass is 16.5. The number of benzene rings is 3. The first-order valence-electron chi connectivity index (χ1n) is 9.01. The Labute approximate surface area is 161 Å². The van der Waals surface area contributed by atoms with Crippen molar-refractivity contribution in [3.8, 4) is 0 Å². The number of nitrogens with one attached hydrogen (secondary N) is 2. The van der Waals surface area contributed by atoms with E-state index in [0.29, 0.717) is 5.39 Å². The van der Waals surface area contributed by atoms with Gasteiger partial charge < -0.3 is 10.1 Å². The van der Waals surface area contributed by atoms with Crippen molar-refractivity contribution in [2.45, 2.75) is 13.0 Å². The van der Waals surface area contributed by atoms with Crippen LogP contribution in [0.2, 0.25) is 0 Å². The average Bonchev–Trinajstić information content (AvgIpc) is 3.16. The minimum Gasteiger partial charge on any atom is -0.451 e. The van der Waals surface area contributed by atoms with E-state index in [9.17, 15) is 9.59 Å². The van der Waals surface area contributed by atoms with E-state index in [0.717, 1.165) is 21.9 Å². The molecule has 1 aromatic heterocycles. The van der Waals surface area contributed by atoms with E-state index in [1.807, 2.05) is 67.6 Å². The fraction of sp³-hybridized carbons (Fsp3) is 0.136. The van der Waals surface area contributed by atoms with E-state index in [-0.39, 0.29) is 24.2 Å². The van der Waals surface area contributed by atoms with Crippen molar-refractivity contribution in [3.05, 3.63) is 78.0 Å². The SMILES string of the molecule is C[C@@H](NC(=O)COC(=O)c1n[nH]c2ccccc12)c1cccc2ccccc12. The van der Waals surface area contributed by atoms with Crippen LogP contribution in [-0.2, 0) is 9.53 Å². The largest absolute Gasteiger partial charge is 0.451 e. The van der Waals surface area contributed by atoms with Crippen LogP contribution in [0, 0.1) is 0 Å². The van der Waals surface area contributed by atoms with Gasteiger partial charge >= 0.3 is 5.97 Å². The van der Waals surface area contributed by atoms with Gasteiger partial charge in [0.1, 0.15) is 0 Å². The first-order chi connectivity index (χ1) is 13.6. The maximum Gasteiger partial charge on any atom is 0.359 e. The molecule has 4 aromatic rings. The molecule has 0 bridgehead atoms. The van der Waals surface area contributed by atoms with E-state index in [2.05, 4.69) is 15.5 Å². The van der Waals surface area contributed by atoms with Crippen LogP contribution in [0.4, 0.5) is 0 Å². The number of nitrogens with zero attached hydrogens (tertiary/aromatic N) is 1. The van der Waals surface area contributed by atoms with E-state index in [4.69, 9.17) is 4.74 Å². The van der Waals surface area contributed by atoms with Gasteiger partial charge in [-0.05, 0) is 29.3 Å². The van der Waals surface area contributed by atoms with Gasteiger partial charge in [0.05, 0.1) is 11.6 Å². The van der Waals surface area contributed by atoms with Gasteiger partial charge in [0.15, 0.2) is 12.3 Å². The number of aromatic amines is 1. The van der Waals surface area contributed by atoms with Crippen LogP contribution < -0.4 is 5.32 Å². The second kappa shape index (κ2) is 7.52. The summed E-state index contributed by atoms with van der Waals surface area (Å²) >= 11 is 0. The molecule has 6 heteroatoms. The van der Waals surface area contributed by atoms with E-state index in [1.165, 1.54) is 0 Å². The number of rotatable bonds is 5.